The van der Waals surface area contributed by atoms with Crippen molar-refractivity contribution < 1.29 is 9.66 Å². The Labute approximate surface area is 133 Å². The number of rotatable bonds is 4. The molecule has 0 aliphatic rings. The van der Waals surface area contributed by atoms with E-state index in [2.05, 4.69) is 5.10 Å². The van der Waals surface area contributed by atoms with E-state index in [4.69, 9.17) is 4.74 Å². The second kappa shape index (κ2) is 5.92. The zero-order valence-corrected chi connectivity index (χ0v) is 12.8. The maximum absolute atomic E-state index is 10.7. The van der Waals surface area contributed by atoms with Gasteiger partial charge in [0.15, 0.2) is 0 Å². The molecular formula is C17H15N3O3. The second-order valence-corrected chi connectivity index (χ2v) is 5.07. The first kappa shape index (κ1) is 14.8. The Morgan fingerprint density at radius 2 is 1.65 bits per heavy atom. The number of methoxy groups -OCH3 is 1. The molecule has 3 rings (SSSR count). The van der Waals surface area contributed by atoms with Crippen molar-refractivity contribution in [3.05, 3.63) is 64.7 Å². The fourth-order valence-corrected chi connectivity index (χ4v) is 2.39. The smallest absolute Gasteiger partial charge is 0.269 e. The van der Waals surface area contributed by atoms with Crippen molar-refractivity contribution in [1.82, 2.24) is 9.78 Å². The predicted molar refractivity (Wildman–Crippen MR) is 87.3 cm³/mol. The average Bonchev–Trinajstić information content (AvgIpc) is 2.97. The normalized spacial score (nSPS) is 10.5. The number of nitrogens with zero attached hydrogens (tertiary/aromatic N) is 3. The summed E-state index contributed by atoms with van der Waals surface area (Å²) in [5.74, 6) is 0.798. The minimum Gasteiger partial charge on any atom is -0.497 e. The van der Waals surface area contributed by atoms with Crippen molar-refractivity contribution in [3.8, 4) is 28.3 Å². The molecule has 116 valence electrons. The summed E-state index contributed by atoms with van der Waals surface area (Å²) < 4.78 is 6.95. The van der Waals surface area contributed by atoms with E-state index in [1.165, 1.54) is 12.1 Å². The average molecular weight is 309 g/mol. The van der Waals surface area contributed by atoms with Crippen LogP contribution in [0, 0.1) is 10.1 Å². The number of aromatic nitrogens is 2. The Morgan fingerprint density at radius 1 is 1.04 bits per heavy atom. The zero-order chi connectivity index (χ0) is 16.4. The Balaban J connectivity index is 1.95. The number of benzene rings is 2. The highest BCUT2D eigenvalue weighted by molar-refractivity contribution is 5.69. The lowest BCUT2D eigenvalue weighted by molar-refractivity contribution is -0.384. The molecule has 0 aliphatic heterocycles. The predicted octanol–water partition coefficient (Wildman–Crippen LogP) is 3.67. The third-order valence-corrected chi connectivity index (χ3v) is 3.64. The van der Waals surface area contributed by atoms with Gasteiger partial charge in [0.1, 0.15) is 5.75 Å². The van der Waals surface area contributed by atoms with Crippen molar-refractivity contribution in [2.24, 2.45) is 7.05 Å². The Bertz CT molecular complexity index is 837. The van der Waals surface area contributed by atoms with E-state index in [1.807, 2.05) is 37.4 Å². The molecule has 0 spiro atoms. The summed E-state index contributed by atoms with van der Waals surface area (Å²) in [6, 6.07) is 16.1. The van der Waals surface area contributed by atoms with Gasteiger partial charge in [-0.3, -0.25) is 14.8 Å². The first-order valence-electron chi connectivity index (χ1n) is 7.02. The molecule has 6 nitrogen and oxygen atoms in total. The van der Waals surface area contributed by atoms with Gasteiger partial charge in [-0.2, -0.15) is 5.10 Å². The van der Waals surface area contributed by atoms with Gasteiger partial charge in [0.25, 0.3) is 5.69 Å². The van der Waals surface area contributed by atoms with Crippen molar-refractivity contribution in [2.75, 3.05) is 7.11 Å². The van der Waals surface area contributed by atoms with E-state index in [-0.39, 0.29) is 5.69 Å². The summed E-state index contributed by atoms with van der Waals surface area (Å²) in [4.78, 5) is 10.3. The van der Waals surface area contributed by atoms with Crippen LogP contribution in [-0.2, 0) is 7.05 Å². The van der Waals surface area contributed by atoms with E-state index in [0.717, 1.165) is 28.3 Å². The first-order chi connectivity index (χ1) is 11.1. The zero-order valence-electron chi connectivity index (χ0n) is 12.8. The fraction of sp³-hybridized carbons (Fsp3) is 0.118. The van der Waals surface area contributed by atoms with Crippen LogP contribution in [0.15, 0.2) is 54.6 Å². The van der Waals surface area contributed by atoms with Crippen LogP contribution in [0.1, 0.15) is 0 Å². The molecule has 0 aliphatic carbocycles. The third kappa shape index (κ3) is 2.91. The van der Waals surface area contributed by atoms with Crippen LogP contribution >= 0.6 is 0 Å². The molecule has 1 heterocycles. The Morgan fingerprint density at radius 3 is 2.22 bits per heavy atom. The molecule has 6 heteroatoms. The van der Waals surface area contributed by atoms with Gasteiger partial charge in [0, 0.05) is 30.3 Å². The molecule has 0 saturated heterocycles. The monoisotopic (exact) mass is 309 g/mol. The molecule has 0 fully saturated rings. The molecule has 23 heavy (non-hydrogen) atoms. The van der Waals surface area contributed by atoms with Crippen molar-refractivity contribution in [3.63, 3.8) is 0 Å². The van der Waals surface area contributed by atoms with Crippen LogP contribution in [-0.4, -0.2) is 21.8 Å². The molecule has 2 aromatic carbocycles. The number of non-ortho nitro benzene ring substituents is 1. The molecular weight excluding hydrogens is 294 g/mol. The number of nitro groups is 1. The highest BCUT2D eigenvalue weighted by atomic mass is 16.6. The largest absolute Gasteiger partial charge is 0.497 e. The van der Waals surface area contributed by atoms with E-state index in [0.29, 0.717) is 0 Å². The molecule has 0 amide bonds. The van der Waals surface area contributed by atoms with Gasteiger partial charge in [0.2, 0.25) is 0 Å². The van der Waals surface area contributed by atoms with E-state index in [9.17, 15) is 10.1 Å². The van der Waals surface area contributed by atoms with Gasteiger partial charge in [-0.15, -0.1) is 0 Å². The maximum atomic E-state index is 10.7. The molecule has 1 aromatic heterocycles. The van der Waals surface area contributed by atoms with E-state index in [1.54, 1.807) is 23.9 Å². The molecule has 3 aromatic rings. The highest BCUT2D eigenvalue weighted by Gasteiger charge is 2.11. The number of hydrogen-bond donors (Lipinski definition) is 0. The number of aryl methyl sites for hydroxylation is 1. The van der Waals surface area contributed by atoms with Gasteiger partial charge >= 0.3 is 0 Å². The fourth-order valence-electron chi connectivity index (χ4n) is 2.39. The maximum Gasteiger partial charge on any atom is 0.269 e. The van der Waals surface area contributed by atoms with Gasteiger partial charge in [-0.1, -0.05) is 0 Å². The molecule has 0 radical (unpaired) electrons. The molecule has 0 unspecified atom stereocenters. The summed E-state index contributed by atoms with van der Waals surface area (Å²) in [5.41, 5.74) is 3.66. The van der Waals surface area contributed by atoms with Gasteiger partial charge in [0.05, 0.1) is 23.4 Å². The van der Waals surface area contributed by atoms with Crippen LogP contribution in [0.25, 0.3) is 22.5 Å². The summed E-state index contributed by atoms with van der Waals surface area (Å²) >= 11 is 0. The summed E-state index contributed by atoms with van der Waals surface area (Å²) in [6.07, 6.45) is 0. The lowest BCUT2D eigenvalue weighted by Gasteiger charge is -2.03. The van der Waals surface area contributed by atoms with Crippen LogP contribution in [0.5, 0.6) is 5.75 Å². The summed E-state index contributed by atoms with van der Waals surface area (Å²) in [7, 11) is 3.50. The summed E-state index contributed by atoms with van der Waals surface area (Å²) in [6.45, 7) is 0. The first-order valence-corrected chi connectivity index (χ1v) is 7.02. The van der Waals surface area contributed by atoms with Crippen LogP contribution in [0.4, 0.5) is 5.69 Å². The Kier molecular flexibility index (Phi) is 3.80. The van der Waals surface area contributed by atoms with Crippen molar-refractivity contribution in [2.45, 2.75) is 0 Å². The van der Waals surface area contributed by atoms with Gasteiger partial charge in [-0.05, 0) is 42.5 Å². The van der Waals surface area contributed by atoms with Gasteiger partial charge < -0.3 is 4.74 Å². The number of hydrogen-bond acceptors (Lipinski definition) is 4. The van der Waals surface area contributed by atoms with E-state index < -0.39 is 4.92 Å². The van der Waals surface area contributed by atoms with Gasteiger partial charge in [-0.25, -0.2) is 0 Å². The molecule has 0 bridgehead atoms. The van der Waals surface area contributed by atoms with Crippen LogP contribution < -0.4 is 4.74 Å². The van der Waals surface area contributed by atoms with Crippen molar-refractivity contribution in [1.29, 1.82) is 0 Å². The number of ether oxygens (including phenoxy) is 1. The number of nitro benzene ring substituents is 1. The SMILES string of the molecule is COc1ccc(-c2cc(-c3ccc([N+](=O)[O-])cc3)nn2C)cc1. The van der Waals surface area contributed by atoms with Crippen molar-refractivity contribution >= 4 is 5.69 Å². The highest BCUT2D eigenvalue weighted by Crippen LogP contribution is 2.27. The van der Waals surface area contributed by atoms with Crippen LogP contribution in [0.2, 0.25) is 0 Å². The molecule has 0 N–H and O–H groups in total. The van der Waals surface area contributed by atoms with E-state index >= 15 is 0 Å². The summed E-state index contributed by atoms with van der Waals surface area (Å²) in [5, 5.41) is 15.2. The molecule has 0 atom stereocenters. The minimum atomic E-state index is -0.412. The Hall–Kier alpha value is -3.15. The third-order valence-electron chi connectivity index (χ3n) is 3.64. The molecule has 0 saturated carbocycles. The topological polar surface area (TPSA) is 70.2 Å². The minimum absolute atomic E-state index is 0.0695. The standard InChI is InChI=1S/C17H15N3O3/c1-19-17(13-5-9-15(23-2)10-6-13)11-16(18-19)12-3-7-14(8-4-12)20(21)22/h3-11H,1-2H3. The lowest BCUT2D eigenvalue weighted by Crippen LogP contribution is -1.94. The lowest BCUT2D eigenvalue weighted by atomic mass is 10.1. The van der Waals surface area contributed by atoms with Crippen LogP contribution in [0.3, 0.4) is 0 Å². The quantitative estimate of drug-likeness (QED) is 0.544. The second-order valence-electron chi connectivity index (χ2n) is 5.07.